The van der Waals surface area contributed by atoms with Crippen LogP contribution in [0.25, 0.3) is 11.2 Å². The van der Waals surface area contributed by atoms with Gasteiger partial charge in [0.05, 0.1) is 19.5 Å². The van der Waals surface area contributed by atoms with E-state index in [9.17, 15) is 44.1 Å². The molecule has 3 aliphatic heterocycles. The van der Waals surface area contributed by atoms with E-state index in [1.165, 1.54) is 28.2 Å². The molecule has 8 N–H and O–H groups in total. The molecule has 0 aromatic carbocycles. The molecule has 2 aromatic rings. The van der Waals surface area contributed by atoms with Crippen molar-refractivity contribution in [1.29, 1.82) is 0 Å². The van der Waals surface area contributed by atoms with Crippen LogP contribution in [-0.2, 0) is 36.8 Å². The number of primary amides is 1. The second-order valence-electron chi connectivity index (χ2n) is 9.80. The molecule has 5 heterocycles. The van der Waals surface area contributed by atoms with E-state index in [0.717, 1.165) is 6.33 Å². The minimum atomic E-state index is -5.68. The van der Waals surface area contributed by atoms with Gasteiger partial charge in [-0.1, -0.05) is 6.08 Å². The number of aliphatic hydroxyl groups excluding tert-OH is 4. The zero-order valence-electron chi connectivity index (χ0n) is 23.3. The molecule has 0 radical (unpaired) electrons. The molecule has 0 aliphatic carbocycles. The van der Waals surface area contributed by atoms with Crippen molar-refractivity contribution in [3.8, 4) is 0 Å². The number of aromatic nitrogens is 4. The number of carbonyl (C=O) groups is 1. The number of nitrogens with two attached hydrogens (primary N) is 2. The molecule has 2 unspecified atom stereocenters. The summed E-state index contributed by atoms with van der Waals surface area (Å²) in [6.07, 6.45) is -5.32. The molecule has 45 heavy (non-hydrogen) atoms. The van der Waals surface area contributed by atoms with Gasteiger partial charge in [0.25, 0.3) is 15.6 Å². The molecule has 3 aliphatic rings. The van der Waals surface area contributed by atoms with E-state index in [-0.39, 0.29) is 58.5 Å². The number of phosphoric acid groups is 2. The van der Waals surface area contributed by atoms with E-state index in [4.69, 9.17) is 20.9 Å². The molecule has 21 nitrogen and oxygen atoms in total. The fraction of sp³-hybridized carbons (Fsp3) is 0.524. The van der Waals surface area contributed by atoms with Crippen LogP contribution >= 0.6 is 15.6 Å². The summed E-state index contributed by atoms with van der Waals surface area (Å²) in [6, 6.07) is 0. The van der Waals surface area contributed by atoms with Crippen LogP contribution < -0.4 is 50.8 Å². The third kappa shape index (κ3) is 7.82. The number of imidazole rings is 1. The van der Waals surface area contributed by atoms with Crippen molar-refractivity contribution < 1.29 is 96.5 Å². The Morgan fingerprint density at radius 3 is 2.16 bits per heavy atom. The Kier molecular flexibility index (Phi) is 11.3. The number of rotatable bonds is 11. The van der Waals surface area contributed by atoms with Gasteiger partial charge in [-0.2, -0.15) is 0 Å². The summed E-state index contributed by atoms with van der Waals surface area (Å²) < 4.78 is 49.9. The summed E-state index contributed by atoms with van der Waals surface area (Å²) in [7, 11) is -11.4. The molecule has 242 valence electrons. The molecule has 24 heteroatoms. The Labute approximate surface area is 275 Å². The molecular weight excluding hydrogens is 659 g/mol. The first kappa shape index (κ1) is 36.0. The number of anilines is 1. The SMILES string of the molecule is NC(=O)C1=CN([C@@H]2O[C@H](COP(=O)([O-])OP(=O)([O-])OC[C@H]3O[C@@H](n4cnc5c(N)ncnc54)[C@H](O)[C@@H]3O)[C@@H](O)[C@H]2O)C=CC1.[Na+]. The summed E-state index contributed by atoms with van der Waals surface area (Å²) in [5, 5.41) is 41.5. The zero-order chi connectivity index (χ0) is 32.0. The minimum absolute atomic E-state index is 0. The smallest absolute Gasteiger partial charge is 0.756 e. The van der Waals surface area contributed by atoms with Crippen LogP contribution in [0, 0.1) is 0 Å². The Morgan fingerprint density at radius 2 is 1.56 bits per heavy atom. The van der Waals surface area contributed by atoms with Crippen molar-refractivity contribution in [3.05, 3.63) is 36.7 Å². The van der Waals surface area contributed by atoms with Crippen molar-refractivity contribution in [2.75, 3.05) is 18.9 Å². The van der Waals surface area contributed by atoms with E-state index in [1.807, 2.05) is 0 Å². The van der Waals surface area contributed by atoms with Crippen LogP contribution in [-0.4, -0.2) is 107 Å². The number of ether oxygens (including phenoxy) is 2. The van der Waals surface area contributed by atoms with E-state index in [1.54, 1.807) is 6.08 Å². The van der Waals surface area contributed by atoms with Crippen LogP contribution in [0.2, 0.25) is 0 Å². The number of fused-ring (bicyclic) bond motifs is 1. The van der Waals surface area contributed by atoms with Crippen molar-refractivity contribution in [3.63, 3.8) is 0 Å². The first-order valence-corrected chi connectivity index (χ1v) is 15.6. The molecule has 5 rings (SSSR count). The molecule has 0 saturated carbocycles. The topological polar surface area (TPSA) is 323 Å². The van der Waals surface area contributed by atoms with Gasteiger partial charge in [0, 0.05) is 18.0 Å². The Balaban J connectivity index is 0.00000461. The Morgan fingerprint density at radius 1 is 0.978 bits per heavy atom. The van der Waals surface area contributed by atoms with Crippen molar-refractivity contribution >= 4 is 38.5 Å². The second kappa shape index (κ2) is 14.1. The second-order valence-corrected chi connectivity index (χ2v) is 12.8. The van der Waals surface area contributed by atoms with Gasteiger partial charge in [-0.05, 0) is 6.42 Å². The van der Waals surface area contributed by atoms with Crippen LogP contribution in [0.15, 0.2) is 36.7 Å². The molecule has 0 spiro atoms. The van der Waals surface area contributed by atoms with Gasteiger partial charge in [-0.25, -0.2) is 19.3 Å². The monoisotopic (exact) mass is 686 g/mol. The largest absolute Gasteiger partial charge is 1.00 e. The van der Waals surface area contributed by atoms with Crippen molar-refractivity contribution in [1.82, 2.24) is 24.4 Å². The summed E-state index contributed by atoms with van der Waals surface area (Å²) >= 11 is 0. The minimum Gasteiger partial charge on any atom is -0.756 e. The summed E-state index contributed by atoms with van der Waals surface area (Å²) in [5.41, 5.74) is 11.5. The number of hydrogen-bond acceptors (Lipinski definition) is 19. The predicted molar refractivity (Wildman–Crippen MR) is 137 cm³/mol. The van der Waals surface area contributed by atoms with Gasteiger partial charge in [-0.15, -0.1) is 0 Å². The van der Waals surface area contributed by atoms with E-state index >= 15 is 0 Å². The number of nitrogens with zero attached hydrogens (tertiary/aromatic N) is 5. The number of nitrogen functional groups attached to an aromatic ring is 1. The Bertz CT molecular complexity index is 1560. The maximum absolute atomic E-state index is 12.3. The number of carbonyl (C=O) groups excluding carboxylic acids is 1. The average molecular weight is 686 g/mol. The summed E-state index contributed by atoms with van der Waals surface area (Å²) in [5.74, 6) is -0.686. The fourth-order valence-corrected chi connectivity index (χ4v) is 6.68. The van der Waals surface area contributed by atoms with Gasteiger partial charge in [0.15, 0.2) is 23.9 Å². The van der Waals surface area contributed by atoms with Gasteiger partial charge in [0.2, 0.25) is 5.91 Å². The van der Waals surface area contributed by atoms with Gasteiger partial charge in [-0.3, -0.25) is 18.5 Å². The van der Waals surface area contributed by atoms with Gasteiger partial charge >= 0.3 is 29.6 Å². The molecular formula is C21H27N7NaO14P2-. The van der Waals surface area contributed by atoms with Gasteiger partial charge in [0.1, 0.15) is 48.5 Å². The number of amides is 1. The predicted octanol–water partition coefficient (Wildman–Crippen LogP) is -6.95. The fourth-order valence-electron chi connectivity index (χ4n) is 4.66. The standard InChI is InChI=1S/C21H29N7O14P2.Na/c22-17-12-19(25-7-24-17)28(8-26-12)21-16(32)14(30)11(41-21)6-39-44(36,37)42-43(34,35)38-5-10-13(29)15(31)20(40-10)27-3-1-2-9(4-27)18(23)33;/h1,3-4,7-8,10-11,13-16,20-21,29-32H,2,5-6H2,(H2,23,33)(H,34,35)(H,36,37)(H2,22,24,25);/q;+1/p-2/t10-,11-,13-,14-,15-,16-,20-,21-;/m1./s1. The van der Waals surface area contributed by atoms with E-state index in [2.05, 4.69) is 28.3 Å². The third-order valence-corrected chi connectivity index (χ3v) is 9.39. The third-order valence-electron chi connectivity index (χ3n) is 6.86. The number of phosphoric ester groups is 2. The van der Waals surface area contributed by atoms with Crippen LogP contribution in [0.4, 0.5) is 5.82 Å². The average Bonchev–Trinajstić information content (AvgIpc) is 3.61. The van der Waals surface area contributed by atoms with Crippen molar-refractivity contribution in [2.24, 2.45) is 5.73 Å². The maximum Gasteiger partial charge on any atom is 1.00 e. The summed E-state index contributed by atoms with van der Waals surface area (Å²) in [4.78, 5) is 49.0. The summed E-state index contributed by atoms with van der Waals surface area (Å²) in [6.45, 7) is -1.97. The molecule has 2 aromatic heterocycles. The molecule has 2 saturated heterocycles. The van der Waals surface area contributed by atoms with Crippen LogP contribution in [0.5, 0.6) is 0 Å². The molecule has 0 bridgehead atoms. The zero-order valence-corrected chi connectivity index (χ0v) is 27.1. The quantitative estimate of drug-likeness (QED) is 0.0944. The van der Waals surface area contributed by atoms with Gasteiger partial charge < -0.3 is 65.1 Å². The normalized spacial score (nSPS) is 32.6. The number of allylic oxidation sites excluding steroid dienone is 1. The molecule has 10 atom stereocenters. The van der Waals surface area contributed by atoms with Crippen molar-refractivity contribution in [2.45, 2.75) is 55.5 Å². The molecule has 1 amide bonds. The maximum atomic E-state index is 12.3. The number of hydrogen-bond donors (Lipinski definition) is 6. The van der Waals surface area contributed by atoms with Crippen LogP contribution in [0.3, 0.4) is 0 Å². The van der Waals surface area contributed by atoms with E-state index < -0.39 is 83.8 Å². The Hall–Kier alpha value is -1.88. The molecule has 2 fully saturated rings. The first-order valence-electron chi connectivity index (χ1n) is 12.7. The first-order chi connectivity index (χ1) is 20.7. The van der Waals surface area contributed by atoms with E-state index in [0.29, 0.717) is 0 Å². The number of aliphatic hydroxyl groups is 4. The van der Waals surface area contributed by atoms with Crippen LogP contribution in [0.1, 0.15) is 12.6 Å².